The highest BCUT2D eigenvalue weighted by Gasteiger charge is 2.26. The summed E-state index contributed by atoms with van der Waals surface area (Å²) in [7, 11) is 0. The van der Waals surface area contributed by atoms with Crippen molar-refractivity contribution in [3.63, 3.8) is 0 Å². The Bertz CT molecular complexity index is 784. The summed E-state index contributed by atoms with van der Waals surface area (Å²) in [6.07, 6.45) is 7.83. The number of aromatic nitrogens is 1. The van der Waals surface area contributed by atoms with Crippen LogP contribution in [-0.2, 0) is 6.42 Å². The summed E-state index contributed by atoms with van der Waals surface area (Å²) < 4.78 is 3.41. The van der Waals surface area contributed by atoms with E-state index < -0.39 is 0 Å². The first-order valence-electron chi connectivity index (χ1n) is 11.2. The van der Waals surface area contributed by atoms with Crippen LogP contribution in [0, 0.1) is 18.8 Å². The minimum atomic E-state index is -0.353. The summed E-state index contributed by atoms with van der Waals surface area (Å²) in [4.78, 5) is 4.24. The van der Waals surface area contributed by atoms with Crippen LogP contribution in [0.15, 0.2) is 42.6 Å². The lowest BCUT2D eigenvalue weighted by molar-refractivity contribution is 0.145. The number of piperidine rings is 1. The average molecular weight is 428 g/mol. The van der Waals surface area contributed by atoms with Gasteiger partial charge in [0.05, 0.1) is 11.8 Å². The van der Waals surface area contributed by atoms with Gasteiger partial charge in [0.1, 0.15) is 0 Å². The van der Waals surface area contributed by atoms with Crippen LogP contribution >= 0.6 is 11.9 Å². The molecule has 0 saturated carbocycles. The maximum Gasteiger partial charge on any atom is 0.0965 e. The number of hydrogen-bond donors (Lipinski definition) is 3. The molecule has 0 spiro atoms. The van der Waals surface area contributed by atoms with Crippen molar-refractivity contribution in [2.24, 2.45) is 11.8 Å². The second kappa shape index (κ2) is 11.8. The van der Waals surface area contributed by atoms with Crippen LogP contribution < -0.4 is 10.0 Å². The topological polar surface area (TPSA) is 57.2 Å². The molecule has 0 radical (unpaired) electrons. The van der Waals surface area contributed by atoms with E-state index in [4.69, 9.17) is 0 Å². The molecule has 2 aliphatic rings. The predicted octanol–water partition coefficient (Wildman–Crippen LogP) is 4.64. The van der Waals surface area contributed by atoms with Crippen LogP contribution in [0.1, 0.15) is 60.6 Å². The molecule has 1 fully saturated rings. The van der Waals surface area contributed by atoms with Gasteiger partial charge in [-0.15, -0.1) is 0 Å². The lowest BCUT2D eigenvalue weighted by atomic mass is 9.79. The maximum atomic E-state index is 9.85. The molecule has 3 N–H and O–H groups in total. The van der Waals surface area contributed by atoms with E-state index >= 15 is 0 Å². The van der Waals surface area contributed by atoms with Crippen molar-refractivity contribution in [1.82, 2.24) is 15.0 Å². The molecule has 1 aliphatic carbocycles. The van der Waals surface area contributed by atoms with Gasteiger partial charge in [-0.2, -0.15) is 0 Å². The number of pyridine rings is 1. The summed E-state index contributed by atoms with van der Waals surface area (Å²) in [6, 6.07) is 12.9. The van der Waals surface area contributed by atoms with Crippen molar-refractivity contribution in [3.8, 4) is 0 Å². The van der Waals surface area contributed by atoms with Crippen molar-refractivity contribution in [1.29, 1.82) is 0 Å². The molecule has 1 saturated heterocycles. The number of hydrogen-bond acceptors (Lipinski definition) is 5. The Hall–Kier alpha value is -1.40. The molecular formula is C25H37N3OS. The van der Waals surface area contributed by atoms with Gasteiger partial charge in [-0.25, -0.2) is 0 Å². The van der Waals surface area contributed by atoms with Crippen LogP contribution in [0.25, 0.3) is 0 Å². The molecule has 1 aromatic carbocycles. The number of aliphatic hydroxyl groups is 1. The van der Waals surface area contributed by atoms with Crippen molar-refractivity contribution in [3.05, 3.63) is 65.0 Å². The summed E-state index contributed by atoms with van der Waals surface area (Å²) in [5.41, 5.74) is 5.10. The Balaban J connectivity index is 0.000000177. The summed E-state index contributed by atoms with van der Waals surface area (Å²) >= 11 is 1.72. The summed E-state index contributed by atoms with van der Waals surface area (Å²) in [5, 5.41) is 13.4. The van der Waals surface area contributed by atoms with E-state index in [9.17, 15) is 5.11 Å². The molecule has 0 bridgehead atoms. The molecule has 5 heteroatoms. The fraction of sp³-hybridized carbons (Fsp3) is 0.560. The van der Waals surface area contributed by atoms with Gasteiger partial charge >= 0.3 is 0 Å². The highest BCUT2D eigenvalue weighted by Crippen LogP contribution is 2.32. The van der Waals surface area contributed by atoms with Gasteiger partial charge in [0.25, 0.3) is 0 Å². The van der Waals surface area contributed by atoms with Gasteiger partial charge in [-0.3, -0.25) is 9.71 Å². The third kappa shape index (κ3) is 6.30. The lowest BCUT2D eigenvalue weighted by Gasteiger charge is -2.33. The number of fused-ring (bicyclic) bond motifs is 1. The van der Waals surface area contributed by atoms with Gasteiger partial charge in [-0.05, 0) is 92.5 Å². The lowest BCUT2D eigenvalue weighted by Crippen LogP contribution is -2.39. The maximum absolute atomic E-state index is 9.85. The zero-order valence-corrected chi connectivity index (χ0v) is 19.4. The van der Waals surface area contributed by atoms with Crippen LogP contribution in [-0.4, -0.2) is 36.0 Å². The SMILES string of the molecule is CSNCC1CNCC[C@@H]1c1ccccc1C.C[C@@H]1CCc2cccnc2C(O)C1. The second-order valence-electron chi connectivity index (χ2n) is 8.71. The fourth-order valence-electron chi connectivity index (χ4n) is 4.71. The van der Waals surface area contributed by atoms with Gasteiger partial charge in [0, 0.05) is 12.7 Å². The zero-order chi connectivity index (χ0) is 21.3. The minimum Gasteiger partial charge on any atom is -0.387 e. The number of rotatable bonds is 4. The van der Waals surface area contributed by atoms with Crippen molar-refractivity contribution in [2.45, 2.75) is 51.6 Å². The Kier molecular flexibility index (Phi) is 9.19. The Labute approximate surface area is 186 Å². The number of nitrogens with zero attached hydrogens (tertiary/aromatic N) is 1. The molecule has 4 atom stereocenters. The highest BCUT2D eigenvalue weighted by atomic mass is 32.2. The molecule has 2 heterocycles. The number of nitrogens with one attached hydrogen (secondary N) is 2. The molecule has 2 aromatic rings. The van der Waals surface area contributed by atoms with E-state index in [1.54, 1.807) is 23.7 Å². The first-order valence-corrected chi connectivity index (χ1v) is 12.5. The van der Waals surface area contributed by atoms with E-state index in [0.29, 0.717) is 17.8 Å². The third-order valence-corrected chi connectivity index (χ3v) is 6.91. The number of benzene rings is 1. The molecule has 1 aromatic heterocycles. The Morgan fingerprint density at radius 3 is 2.83 bits per heavy atom. The first-order chi connectivity index (χ1) is 14.6. The summed E-state index contributed by atoms with van der Waals surface area (Å²) in [6.45, 7) is 7.79. The zero-order valence-electron chi connectivity index (χ0n) is 18.6. The summed E-state index contributed by atoms with van der Waals surface area (Å²) in [5.74, 6) is 2.01. The molecule has 0 amide bonds. The van der Waals surface area contributed by atoms with Crippen molar-refractivity contribution >= 4 is 11.9 Å². The standard InChI is InChI=1S/C14H22N2S.C11H15NO/c1-11-5-3-4-6-13(11)14-7-8-15-9-12(14)10-16-17-2;1-8-4-5-9-3-2-6-12-11(9)10(13)7-8/h3-6,12,14-16H,7-10H2,1-2H3;2-3,6,8,10,13H,4-5,7H2,1H3/t12?,14-;8-,10?/m01/s1. The largest absolute Gasteiger partial charge is 0.387 e. The minimum absolute atomic E-state index is 0.353. The first kappa shape index (κ1) is 23.3. The van der Waals surface area contributed by atoms with E-state index in [2.05, 4.69) is 65.5 Å². The van der Waals surface area contributed by atoms with E-state index in [-0.39, 0.29) is 6.10 Å². The van der Waals surface area contributed by atoms with Gasteiger partial charge < -0.3 is 10.4 Å². The highest BCUT2D eigenvalue weighted by molar-refractivity contribution is 7.96. The van der Waals surface area contributed by atoms with Gasteiger partial charge in [0.2, 0.25) is 0 Å². The van der Waals surface area contributed by atoms with E-state index in [1.165, 1.54) is 17.5 Å². The Morgan fingerprint density at radius 2 is 2.03 bits per heavy atom. The molecule has 164 valence electrons. The number of aliphatic hydroxyl groups excluding tert-OH is 1. The third-order valence-electron chi connectivity index (χ3n) is 6.46. The van der Waals surface area contributed by atoms with Crippen LogP contribution in [0.2, 0.25) is 0 Å². The van der Waals surface area contributed by atoms with Crippen LogP contribution in [0.4, 0.5) is 0 Å². The molecule has 30 heavy (non-hydrogen) atoms. The van der Waals surface area contributed by atoms with Gasteiger partial charge in [-0.1, -0.05) is 49.2 Å². The Morgan fingerprint density at radius 1 is 1.20 bits per heavy atom. The number of aryl methyl sites for hydroxylation is 2. The molecule has 1 aliphatic heterocycles. The van der Waals surface area contributed by atoms with Crippen molar-refractivity contribution in [2.75, 3.05) is 25.9 Å². The van der Waals surface area contributed by atoms with E-state index in [0.717, 1.165) is 44.6 Å². The monoisotopic (exact) mass is 427 g/mol. The molecule has 2 unspecified atom stereocenters. The van der Waals surface area contributed by atoms with Crippen LogP contribution in [0.5, 0.6) is 0 Å². The normalized spacial score (nSPS) is 26.1. The molecule has 4 rings (SSSR count). The second-order valence-corrected chi connectivity index (χ2v) is 9.41. The fourth-order valence-corrected chi connectivity index (χ4v) is 5.10. The quantitative estimate of drug-likeness (QED) is 0.490. The smallest absolute Gasteiger partial charge is 0.0965 e. The molecular weight excluding hydrogens is 390 g/mol. The van der Waals surface area contributed by atoms with Crippen molar-refractivity contribution < 1.29 is 5.11 Å². The predicted molar refractivity (Wildman–Crippen MR) is 128 cm³/mol. The molecule has 4 nitrogen and oxygen atoms in total. The average Bonchev–Trinajstić information content (AvgIpc) is 2.91. The van der Waals surface area contributed by atoms with Crippen LogP contribution in [0.3, 0.4) is 0 Å². The van der Waals surface area contributed by atoms with E-state index in [1.807, 2.05) is 6.07 Å². The van der Waals surface area contributed by atoms with Gasteiger partial charge in [0.15, 0.2) is 0 Å².